The van der Waals surface area contributed by atoms with Crippen LogP contribution in [0.4, 0.5) is 5.82 Å². The van der Waals surface area contributed by atoms with Crippen molar-refractivity contribution in [3.05, 3.63) is 59.4 Å². The number of carbonyl (C=O) groups is 1. The molecule has 1 atom stereocenters. The van der Waals surface area contributed by atoms with Gasteiger partial charge in [0.25, 0.3) is 0 Å². The number of pyridine rings is 2. The van der Waals surface area contributed by atoms with Gasteiger partial charge in [0, 0.05) is 36.6 Å². The Balaban J connectivity index is 1.37. The first kappa shape index (κ1) is 20.7. The molecule has 1 amide bonds. The Hall–Kier alpha value is -3.61. The summed E-state index contributed by atoms with van der Waals surface area (Å²) in [5.41, 5.74) is 2.05. The van der Waals surface area contributed by atoms with E-state index in [-0.39, 0.29) is 24.3 Å². The van der Waals surface area contributed by atoms with Crippen LogP contribution in [0.25, 0.3) is 11.3 Å². The minimum atomic E-state index is -0.249. The molecule has 1 aliphatic heterocycles. The zero-order valence-corrected chi connectivity index (χ0v) is 17.0. The molecule has 31 heavy (non-hydrogen) atoms. The maximum Gasteiger partial charge on any atom is 0.232 e. The van der Waals surface area contributed by atoms with Crippen molar-refractivity contribution in [2.24, 2.45) is 0 Å². The Morgan fingerprint density at radius 1 is 1.23 bits per heavy atom. The van der Waals surface area contributed by atoms with Crippen LogP contribution < -0.4 is 10.1 Å². The molecule has 0 saturated carbocycles. The largest absolute Gasteiger partial charge is 0.486 e. The van der Waals surface area contributed by atoms with Crippen LogP contribution in [-0.4, -0.2) is 45.2 Å². The maximum absolute atomic E-state index is 12.4. The lowest BCUT2D eigenvalue weighted by atomic mass is 10.1. The molecular weight excluding hydrogens is 420 g/mol. The predicted octanol–water partition coefficient (Wildman–Crippen LogP) is 2.81. The zero-order chi connectivity index (χ0) is 21.6. The standard InChI is InChI=1S/C21H17ClN6O3/c22-16-11-27-19(6-18(16)31-15-3-4-30-12-15)28-21(29)5-13-1-2-17(24-8-13)14-9-25-20(7-23)26-10-14/h1-2,6,8-11,15H,3-5,12H2,(H,27,28,29)/t15-/m1/s1. The summed E-state index contributed by atoms with van der Waals surface area (Å²) in [5, 5.41) is 11.9. The van der Waals surface area contributed by atoms with Gasteiger partial charge >= 0.3 is 0 Å². The summed E-state index contributed by atoms with van der Waals surface area (Å²) >= 11 is 6.15. The van der Waals surface area contributed by atoms with Crippen molar-refractivity contribution in [3.8, 4) is 23.1 Å². The second-order valence-electron chi connectivity index (χ2n) is 6.79. The third-order valence-corrected chi connectivity index (χ3v) is 4.79. The van der Waals surface area contributed by atoms with Crippen LogP contribution in [0, 0.1) is 11.3 Å². The van der Waals surface area contributed by atoms with Gasteiger partial charge in [0.1, 0.15) is 28.8 Å². The van der Waals surface area contributed by atoms with Crippen molar-refractivity contribution in [2.45, 2.75) is 18.9 Å². The number of nitrogens with zero attached hydrogens (tertiary/aromatic N) is 5. The van der Waals surface area contributed by atoms with E-state index in [0.29, 0.717) is 41.1 Å². The van der Waals surface area contributed by atoms with E-state index in [1.165, 1.54) is 18.6 Å². The summed E-state index contributed by atoms with van der Waals surface area (Å²) in [6.45, 7) is 1.17. The Morgan fingerprint density at radius 3 is 2.74 bits per heavy atom. The van der Waals surface area contributed by atoms with Gasteiger partial charge in [-0.25, -0.2) is 15.0 Å². The smallest absolute Gasteiger partial charge is 0.232 e. The summed E-state index contributed by atoms with van der Waals surface area (Å²) in [5.74, 6) is 0.653. The molecule has 1 fully saturated rings. The van der Waals surface area contributed by atoms with E-state index in [0.717, 1.165) is 12.0 Å². The van der Waals surface area contributed by atoms with Crippen LogP contribution in [0.5, 0.6) is 5.75 Å². The number of hydrogen-bond acceptors (Lipinski definition) is 8. The van der Waals surface area contributed by atoms with Gasteiger partial charge in [0.15, 0.2) is 0 Å². The molecule has 0 unspecified atom stereocenters. The predicted molar refractivity (Wildman–Crippen MR) is 111 cm³/mol. The van der Waals surface area contributed by atoms with Crippen molar-refractivity contribution in [2.75, 3.05) is 18.5 Å². The lowest BCUT2D eigenvalue weighted by Crippen LogP contribution is -2.18. The molecule has 4 heterocycles. The van der Waals surface area contributed by atoms with E-state index in [1.807, 2.05) is 6.07 Å². The Bertz CT molecular complexity index is 1110. The van der Waals surface area contributed by atoms with Gasteiger partial charge in [-0.1, -0.05) is 17.7 Å². The van der Waals surface area contributed by atoms with Gasteiger partial charge in [-0.3, -0.25) is 9.78 Å². The fraction of sp³-hybridized carbons (Fsp3) is 0.238. The van der Waals surface area contributed by atoms with E-state index in [2.05, 4.69) is 25.3 Å². The molecule has 0 aliphatic carbocycles. The van der Waals surface area contributed by atoms with Gasteiger partial charge in [-0.15, -0.1) is 0 Å². The SMILES string of the molecule is N#Cc1ncc(-c2ccc(CC(=O)Nc3cc(O[C@@H]4CCOC4)c(Cl)cn3)cn2)cn1. The number of amides is 1. The van der Waals surface area contributed by atoms with E-state index in [1.54, 1.807) is 24.4 Å². The molecule has 9 nitrogen and oxygen atoms in total. The number of halogens is 1. The number of hydrogen-bond donors (Lipinski definition) is 1. The molecule has 4 rings (SSSR count). The van der Waals surface area contributed by atoms with E-state index < -0.39 is 0 Å². The van der Waals surface area contributed by atoms with Crippen molar-refractivity contribution in [1.82, 2.24) is 19.9 Å². The van der Waals surface area contributed by atoms with Crippen LogP contribution in [0.1, 0.15) is 17.8 Å². The molecule has 0 bridgehead atoms. The van der Waals surface area contributed by atoms with Gasteiger partial charge in [0.05, 0.1) is 31.5 Å². The fourth-order valence-corrected chi connectivity index (χ4v) is 3.10. The van der Waals surface area contributed by atoms with Crippen molar-refractivity contribution < 1.29 is 14.3 Å². The quantitative estimate of drug-likeness (QED) is 0.625. The Kier molecular flexibility index (Phi) is 6.31. The molecule has 1 saturated heterocycles. The second kappa shape index (κ2) is 9.47. The average molecular weight is 437 g/mol. The first-order valence-corrected chi connectivity index (χ1v) is 9.86. The molecule has 0 aromatic carbocycles. The lowest BCUT2D eigenvalue weighted by molar-refractivity contribution is -0.115. The highest BCUT2D eigenvalue weighted by molar-refractivity contribution is 6.32. The molecule has 0 spiro atoms. The number of nitriles is 1. The van der Waals surface area contributed by atoms with Gasteiger partial charge in [0.2, 0.25) is 11.7 Å². The van der Waals surface area contributed by atoms with Crippen LogP contribution >= 0.6 is 11.6 Å². The summed E-state index contributed by atoms with van der Waals surface area (Å²) in [7, 11) is 0. The van der Waals surface area contributed by atoms with Gasteiger partial charge in [-0.2, -0.15) is 5.26 Å². The minimum absolute atomic E-state index is 0.0606. The number of ether oxygens (including phenoxy) is 2. The normalized spacial score (nSPS) is 15.3. The first-order chi connectivity index (χ1) is 15.1. The topological polar surface area (TPSA) is 123 Å². The molecule has 156 valence electrons. The molecule has 1 N–H and O–H groups in total. The van der Waals surface area contributed by atoms with Crippen LogP contribution in [0.15, 0.2) is 43.0 Å². The second-order valence-corrected chi connectivity index (χ2v) is 7.19. The molecule has 0 radical (unpaired) electrons. The third kappa shape index (κ3) is 5.31. The first-order valence-electron chi connectivity index (χ1n) is 9.48. The highest BCUT2D eigenvalue weighted by atomic mass is 35.5. The van der Waals surface area contributed by atoms with Crippen LogP contribution in [-0.2, 0) is 16.0 Å². The van der Waals surface area contributed by atoms with Crippen molar-refractivity contribution in [3.63, 3.8) is 0 Å². The number of aromatic nitrogens is 4. The maximum atomic E-state index is 12.4. The van der Waals surface area contributed by atoms with Crippen molar-refractivity contribution in [1.29, 1.82) is 5.26 Å². The molecular formula is C21H17ClN6O3. The van der Waals surface area contributed by atoms with E-state index in [9.17, 15) is 4.79 Å². The summed E-state index contributed by atoms with van der Waals surface area (Å²) < 4.78 is 11.1. The number of anilines is 1. The lowest BCUT2D eigenvalue weighted by Gasteiger charge is -2.14. The zero-order valence-electron chi connectivity index (χ0n) is 16.3. The average Bonchev–Trinajstić information content (AvgIpc) is 3.30. The fourth-order valence-electron chi connectivity index (χ4n) is 2.95. The number of carbonyl (C=O) groups excluding carboxylic acids is 1. The summed E-state index contributed by atoms with van der Waals surface area (Å²) in [6, 6.07) is 7.03. The summed E-state index contributed by atoms with van der Waals surface area (Å²) in [6.07, 6.45) is 6.96. The summed E-state index contributed by atoms with van der Waals surface area (Å²) in [4.78, 5) is 28.8. The van der Waals surface area contributed by atoms with E-state index >= 15 is 0 Å². The number of nitrogens with one attached hydrogen (secondary N) is 1. The highest BCUT2D eigenvalue weighted by Gasteiger charge is 2.19. The van der Waals surface area contributed by atoms with Crippen molar-refractivity contribution >= 4 is 23.3 Å². The number of rotatable bonds is 6. The molecule has 3 aromatic heterocycles. The Labute approximate surface area is 183 Å². The minimum Gasteiger partial charge on any atom is -0.486 e. The Morgan fingerprint density at radius 2 is 2.06 bits per heavy atom. The molecule has 1 aliphatic rings. The third-order valence-electron chi connectivity index (χ3n) is 4.51. The van der Waals surface area contributed by atoms with Crippen LogP contribution in [0.2, 0.25) is 5.02 Å². The van der Waals surface area contributed by atoms with E-state index in [4.69, 9.17) is 26.3 Å². The van der Waals surface area contributed by atoms with Gasteiger partial charge < -0.3 is 14.8 Å². The van der Waals surface area contributed by atoms with Crippen LogP contribution in [0.3, 0.4) is 0 Å². The molecule has 3 aromatic rings. The van der Waals surface area contributed by atoms with Gasteiger partial charge in [-0.05, 0) is 11.6 Å². The monoisotopic (exact) mass is 436 g/mol. The highest BCUT2D eigenvalue weighted by Crippen LogP contribution is 2.28. The molecule has 10 heteroatoms.